The molecular formula is C15H25N3. The van der Waals surface area contributed by atoms with E-state index in [9.17, 15) is 0 Å². The van der Waals surface area contributed by atoms with E-state index in [1.54, 1.807) is 12.4 Å². The first kappa shape index (κ1) is 13.5. The lowest BCUT2D eigenvalue weighted by atomic mass is 9.96. The SMILES string of the molecule is Cc1nccnc1C(C)NC1CCCCCCC1. The highest BCUT2D eigenvalue weighted by atomic mass is 15.0. The Balaban J connectivity index is 1.93. The highest BCUT2D eigenvalue weighted by Crippen LogP contribution is 2.20. The van der Waals surface area contributed by atoms with Crippen molar-refractivity contribution in [3.63, 3.8) is 0 Å². The Morgan fingerprint density at radius 1 is 1.06 bits per heavy atom. The molecular weight excluding hydrogens is 222 g/mol. The molecule has 0 bridgehead atoms. The van der Waals surface area contributed by atoms with E-state index >= 15 is 0 Å². The zero-order valence-electron chi connectivity index (χ0n) is 11.7. The van der Waals surface area contributed by atoms with Gasteiger partial charge < -0.3 is 5.32 Å². The average Bonchev–Trinajstić information content (AvgIpc) is 2.33. The molecule has 18 heavy (non-hydrogen) atoms. The maximum Gasteiger partial charge on any atom is 0.0782 e. The summed E-state index contributed by atoms with van der Waals surface area (Å²) in [6.45, 7) is 4.24. The van der Waals surface area contributed by atoms with Gasteiger partial charge in [0.15, 0.2) is 0 Å². The molecule has 1 unspecified atom stereocenters. The van der Waals surface area contributed by atoms with Crippen molar-refractivity contribution in [1.82, 2.24) is 15.3 Å². The van der Waals surface area contributed by atoms with Gasteiger partial charge in [0, 0.05) is 24.5 Å². The highest BCUT2D eigenvalue weighted by Gasteiger charge is 2.16. The predicted molar refractivity (Wildman–Crippen MR) is 74.4 cm³/mol. The van der Waals surface area contributed by atoms with Crippen molar-refractivity contribution in [2.24, 2.45) is 0 Å². The van der Waals surface area contributed by atoms with E-state index in [1.807, 2.05) is 6.92 Å². The zero-order valence-corrected chi connectivity index (χ0v) is 11.7. The number of nitrogens with one attached hydrogen (secondary N) is 1. The van der Waals surface area contributed by atoms with Crippen LogP contribution in [0.4, 0.5) is 0 Å². The van der Waals surface area contributed by atoms with E-state index in [-0.39, 0.29) is 0 Å². The van der Waals surface area contributed by atoms with Gasteiger partial charge in [-0.1, -0.05) is 32.1 Å². The van der Waals surface area contributed by atoms with Crippen LogP contribution in [0.5, 0.6) is 0 Å². The van der Waals surface area contributed by atoms with Gasteiger partial charge in [-0.15, -0.1) is 0 Å². The molecule has 1 aliphatic rings. The molecule has 0 spiro atoms. The van der Waals surface area contributed by atoms with Gasteiger partial charge in [0.25, 0.3) is 0 Å². The Hall–Kier alpha value is -0.960. The lowest BCUT2D eigenvalue weighted by molar-refractivity contribution is 0.359. The van der Waals surface area contributed by atoms with Gasteiger partial charge in [0.2, 0.25) is 0 Å². The van der Waals surface area contributed by atoms with Gasteiger partial charge in [-0.3, -0.25) is 9.97 Å². The van der Waals surface area contributed by atoms with Crippen LogP contribution in [0, 0.1) is 6.92 Å². The Kier molecular flexibility index (Phi) is 5.12. The minimum atomic E-state index is 0.308. The predicted octanol–water partition coefficient (Wildman–Crippen LogP) is 3.55. The van der Waals surface area contributed by atoms with Crippen molar-refractivity contribution in [3.8, 4) is 0 Å². The molecule has 100 valence electrons. The quantitative estimate of drug-likeness (QED) is 0.887. The summed E-state index contributed by atoms with van der Waals surface area (Å²) in [4.78, 5) is 8.78. The van der Waals surface area contributed by atoms with Crippen LogP contribution >= 0.6 is 0 Å². The standard InChI is InChI=1S/C15H25N3/c1-12-15(17-11-10-16-12)13(2)18-14-8-6-4-3-5-7-9-14/h10-11,13-14,18H,3-9H2,1-2H3. The van der Waals surface area contributed by atoms with Crippen LogP contribution in [0.3, 0.4) is 0 Å². The number of rotatable bonds is 3. The van der Waals surface area contributed by atoms with Crippen LogP contribution in [0.25, 0.3) is 0 Å². The van der Waals surface area contributed by atoms with Crippen molar-refractivity contribution in [1.29, 1.82) is 0 Å². The first-order valence-corrected chi connectivity index (χ1v) is 7.31. The molecule has 0 aromatic carbocycles. The van der Waals surface area contributed by atoms with E-state index in [4.69, 9.17) is 0 Å². The van der Waals surface area contributed by atoms with E-state index < -0.39 is 0 Å². The number of nitrogens with zero attached hydrogens (tertiary/aromatic N) is 2. The number of hydrogen-bond donors (Lipinski definition) is 1. The maximum atomic E-state index is 4.46. The van der Waals surface area contributed by atoms with Gasteiger partial charge >= 0.3 is 0 Å². The molecule has 2 rings (SSSR count). The Morgan fingerprint density at radius 3 is 2.33 bits per heavy atom. The summed E-state index contributed by atoms with van der Waals surface area (Å²) in [5.41, 5.74) is 2.14. The third kappa shape index (κ3) is 3.77. The molecule has 0 radical (unpaired) electrons. The van der Waals surface area contributed by atoms with Gasteiger partial charge in [-0.25, -0.2) is 0 Å². The summed E-state index contributed by atoms with van der Waals surface area (Å²) in [5, 5.41) is 3.74. The van der Waals surface area contributed by atoms with E-state index in [2.05, 4.69) is 22.2 Å². The van der Waals surface area contributed by atoms with Crippen LogP contribution in [-0.2, 0) is 0 Å². The normalized spacial score (nSPS) is 20.1. The molecule has 0 saturated heterocycles. The van der Waals surface area contributed by atoms with Crippen LogP contribution in [0.1, 0.15) is 69.3 Å². The summed E-state index contributed by atoms with van der Waals surface area (Å²) in [7, 11) is 0. The average molecular weight is 247 g/mol. The smallest absolute Gasteiger partial charge is 0.0782 e. The molecule has 1 aromatic rings. The maximum absolute atomic E-state index is 4.46. The molecule has 1 aliphatic carbocycles. The van der Waals surface area contributed by atoms with Crippen LogP contribution < -0.4 is 5.32 Å². The third-order valence-corrected chi connectivity index (χ3v) is 3.92. The number of aryl methyl sites for hydroxylation is 1. The van der Waals surface area contributed by atoms with Crippen molar-refractivity contribution in [3.05, 3.63) is 23.8 Å². The molecule has 0 amide bonds. The summed E-state index contributed by atoms with van der Waals surface area (Å²) in [6, 6.07) is 0.963. The minimum Gasteiger partial charge on any atom is -0.306 e. The largest absolute Gasteiger partial charge is 0.306 e. The molecule has 1 atom stereocenters. The van der Waals surface area contributed by atoms with E-state index in [0.717, 1.165) is 11.4 Å². The molecule has 3 heteroatoms. The van der Waals surface area contributed by atoms with Gasteiger partial charge in [-0.2, -0.15) is 0 Å². The van der Waals surface area contributed by atoms with Gasteiger partial charge in [-0.05, 0) is 26.7 Å². The first-order chi connectivity index (χ1) is 8.77. The fourth-order valence-corrected chi connectivity index (χ4v) is 2.90. The van der Waals surface area contributed by atoms with Gasteiger partial charge in [0.1, 0.15) is 0 Å². The van der Waals surface area contributed by atoms with Crippen molar-refractivity contribution in [2.45, 2.75) is 70.9 Å². The number of hydrogen-bond acceptors (Lipinski definition) is 3. The molecule has 1 fully saturated rings. The Labute approximate surface area is 110 Å². The second-order valence-corrected chi connectivity index (χ2v) is 5.46. The van der Waals surface area contributed by atoms with Crippen LogP contribution in [0.15, 0.2) is 12.4 Å². The van der Waals surface area contributed by atoms with E-state index in [0.29, 0.717) is 12.1 Å². The summed E-state index contributed by atoms with van der Waals surface area (Å²) >= 11 is 0. The zero-order chi connectivity index (χ0) is 12.8. The highest BCUT2D eigenvalue weighted by molar-refractivity contribution is 5.12. The topological polar surface area (TPSA) is 37.8 Å². The van der Waals surface area contributed by atoms with Crippen LogP contribution in [-0.4, -0.2) is 16.0 Å². The van der Waals surface area contributed by atoms with Crippen molar-refractivity contribution >= 4 is 0 Å². The summed E-state index contributed by atoms with van der Waals surface area (Å²) < 4.78 is 0. The van der Waals surface area contributed by atoms with Crippen molar-refractivity contribution < 1.29 is 0 Å². The fourth-order valence-electron chi connectivity index (χ4n) is 2.90. The summed E-state index contributed by atoms with van der Waals surface area (Å²) in [6.07, 6.45) is 13.1. The van der Waals surface area contributed by atoms with Crippen LogP contribution in [0.2, 0.25) is 0 Å². The first-order valence-electron chi connectivity index (χ1n) is 7.31. The minimum absolute atomic E-state index is 0.308. The Bertz CT molecular complexity index is 357. The summed E-state index contributed by atoms with van der Waals surface area (Å²) in [5.74, 6) is 0. The monoisotopic (exact) mass is 247 g/mol. The lowest BCUT2D eigenvalue weighted by Crippen LogP contribution is -2.33. The molecule has 3 nitrogen and oxygen atoms in total. The molecule has 1 saturated carbocycles. The second-order valence-electron chi connectivity index (χ2n) is 5.46. The van der Waals surface area contributed by atoms with Crippen molar-refractivity contribution in [2.75, 3.05) is 0 Å². The molecule has 1 aromatic heterocycles. The molecule has 1 heterocycles. The lowest BCUT2D eigenvalue weighted by Gasteiger charge is -2.25. The van der Waals surface area contributed by atoms with E-state index in [1.165, 1.54) is 44.9 Å². The molecule has 1 N–H and O–H groups in total. The Morgan fingerprint density at radius 2 is 1.67 bits per heavy atom. The third-order valence-electron chi connectivity index (χ3n) is 3.92. The number of aromatic nitrogens is 2. The van der Waals surface area contributed by atoms with Gasteiger partial charge in [0.05, 0.1) is 11.4 Å². The second kappa shape index (κ2) is 6.83. The fraction of sp³-hybridized carbons (Fsp3) is 0.733. The molecule has 0 aliphatic heterocycles.